The summed E-state index contributed by atoms with van der Waals surface area (Å²) in [6, 6.07) is 18.0. The SMILES string of the molecule is Cc1cccc([C@@H]2c3cc(OCc4ccc(C(=O)N5CCOCC5)o4)ccc3CCN2C(=O)C2CC2)c1. The molecule has 0 N–H and O–H groups in total. The Bertz CT molecular complexity index is 1300. The molecule has 7 heteroatoms. The van der Waals surface area contributed by atoms with Crippen LogP contribution in [0.1, 0.15) is 57.5 Å². The van der Waals surface area contributed by atoms with Gasteiger partial charge in [-0.25, -0.2) is 0 Å². The van der Waals surface area contributed by atoms with Crippen LogP contribution in [0.3, 0.4) is 0 Å². The van der Waals surface area contributed by atoms with E-state index >= 15 is 0 Å². The molecule has 0 bridgehead atoms. The summed E-state index contributed by atoms with van der Waals surface area (Å²) in [6.07, 6.45) is 2.82. The molecule has 192 valence electrons. The second kappa shape index (κ2) is 10.1. The van der Waals surface area contributed by atoms with Gasteiger partial charge >= 0.3 is 0 Å². The molecule has 6 rings (SSSR count). The molecule has 0 spiro atoms. The number of hydrogen-bond acceptors (Lipinski definition) is 5. The summed E-state index contributed by atoms with van der Waals surface area (Å²) in [5.74, 6) is 1.94. The van der Waals surface area contributed by atoms with Crippen molar-refractivity contribution in [3.63, 3.8) is 0 Å². The minimum absolute atomic E-state index is 0.121. The second-order valence-electron chi connectivity index (χ2n) is 10.2. The molecular weight excluding hydrogens is 468 g/mol. The maximum Gasteiger partial charge on any atom is 0.289 e. The molecule has 3 heterocycles. The first-order valence-electron chi connectivity index (χ1n) is 13.2. The number of amides is 2. The van der Waals surface area contributed by atoms with E-state index in [9.17, 15) is 9.59 Å². The van der Waals surface area contributed by atoms with E-state index in [0.29, 0.717) is 37.8 Å². The fraction of sp³-hybridized carbons (Fsp3) is 0.400. The minimum atomic E-state index is -0.123. The van der Waals surface area contributed by atoms with E-state index in [0.717, 1.165) is 42.7 Å². The van der Waals surface area contributed by atoms with Crippen molar-refractivity contribution >= 4 is 11.8 Å². The standard InChI is InChI=1S/C30H32N2O5/c1-20-3-2-4-23(17-20)28-26-18-24(8-7-21(26)11-12-32(28)29(33)22-5-6-22)36-19-25-9-10-27(37-25)30(34)31-13-15-35-16-14-31/h2-4,7-10,17-18,22,28H,5-6,11-16,19H2,1H3/t28-/m1/s1. The quantitative estimate of drug-likeness (QED) is 0.498. The maximum atomic E-state index is 13.3. The first kappa shape index (κ1) is 23.8. The van der Waals surface area contributed by atoms with Crippen LogP contribution in [0.25, 0.3) is 0 Å². The molecule has 0 unspecified atom stereocenters. The van der Waals surface area contributed by atoms with E-state index in [1.807, 2.05) is 6.07 Å². The van der Waals surface area contributed by atoms with Crippen molar-refractivity contribution in [1.29, 1.82) is 0 Å². The first-order chi connectivity index (χ1) is 18.1. The number of fused-ring (bicyclic) bond motifs is 1. The van der Waals surface area contributed by atoms with Crippen LogP contribution in [-0.2, 0) is 22.6 Å². The van der Waals surface area contributed by atoms with Gasteiger partial charge in [0.1, 0.15) is 18.1 Å². The number of rotatable bonds is 6. The molecule has 2 aliphatic heterocycles. The highest BCUT2D eigenvalue weighted by Crippen LogP contribution is 2.41. The number of hydrogen-bond donors (Lipinski definition) is 0. The van der Waals surface area contributed by atoms with Crippen molar-refractivity contribution in [1.82, 2.24) is 9.80 Å². The van der Waals surface area contributed by atoms with Crippen molar-refractivity contribution in [2.45, 2.75) is 38.8 Å². The lowest BCUT2D eigenvalue weighted by atomic mass is 9.87. The van der Waals surface area contributed by atoms with Gasteiger partial charge in [0, 0.05) is 25.6 Å². The maximum absolute atomic E-state index is 13.3. The molecule has 0 radical (unpaired) electrons. The Balaban J connectivity index is 1.22. The highest BCUT2D eigenvalue weighted by molar-refractivity contribution is 5.91. The van der Waals surface area contributed by atoms with Crippen LogP contribution < -0.4 is 4.74 Å². The van der Waals surface area contributed by atoms with Crippen LogP contribution in [0.4, 0.5) is 0 Å². The van der Waals surface area contributed by atoms with Crippen molar-refractivity contribution in [3.8, 4) is 5.75 Å². The number of ether oxygens (including phenoxy) is 2. The average Bonchev–Trinajstić information content (AvgIpc) is 3.68. The van der Waals surface area contributed by atoms with Crippen LogP contribution in [-0.4, -0.2) is 54.5 Å². The zero-order chi connectivity index (χ0) is 25.4. The smallest absolute Gasteiger partial charge is 0.289 e. The number of furan rings is 1. The highest BCUT2D eigenvalue weighted by Gasteiger charge is 2.39. The normalized spacial score (nSPS) is 19.4. The molecule has 1 saturated carbocycles. The third-order valence-electron chi connectivity index (χ3n) is 7.47. The fourth-order valence-electron chi connectivity index (χ4n) is 5.33. The summed E-state index contributed by atoms with van der Waals surface area (Å²) in [5, 5.41) is 0. The largest absolute Gasteiger partial charge is 0.486 e. The number of nitrogens with zero attached hydrogens (tertiary/aromatic N) is 2. The summed E-state index contributed by atoms with van der Waals surface area (Å²) < 4.78 is 17.3. The summed E-state index contributed by atoms with van der Waals surface area (Å²) in [7, 11) is 0. The third kappa shape index (κ3) is 5.01. The zero-order valence-corrected chi connectivity index (χ0v) is 21.2. The third-order valence-corrected chi connectivity index (χ3v) is 7.47. The van der Waals surface area contributed by atoms with Gasteiger partial charge in [0.05, 0.1) is 19.3 Å². The van der Waals surface area contributed by atoms with Gasteiger partial charge in [-0.15, -0.1) is 0 Å². The molecule has 2 aromatic carbocycles. The van der Waals surface area contributed by atoms with Crippen LogP contribution in [0.15, 0.2) is 59.0 Å². The molecule has 7 nitrogen and oxygen atoms in total. The molecule has 3 aromatic rings. The molecule has 1 atom stereocenters. The number of morpholine rings is 1. The van der Waals surface area contributed by atoms with Crippen LogP contribution in [0.2, 0.25) is 0 Å². The lowest BCUT2D eigenvalue weighted by Crippen LogP contribution is -2.41. The Morgan fingerprint density at radius 2 is 1.84 bits per heavy atom. The number of carbonyl (C=O) groups excluding carboxylic acids is 2. The number of aryl methyl sites for hydroxylation is 1. The second-order valence-corrected chi connectivity index (χ2v) is 10.2. The lowest BCUT2D eigenvalue weighted by Gasteiger charge is -2.38. The van der Waals surface area contributed by atoms with Gasteiger partial charge in [-0.2, -0.15) is 0 Å². The summed E-state index contributed by atoms with van der Waals surface area (Å²) in [5.41, 5.74) is 4.67. The van der Waals surface area contributed by atoms with Crippen LogP contribution >= 0.6 is 0 Å². The van der Waals surface area contributed by atoms with Crippen molar-refractivity contribution in [3.05, 3.63) is 88.4 Å². The van der Waals surface area contributed by atoms with Crippen molar-refractivity contribution < 1.29 is 23.5 Å². The van der Waals surface area contributed by atoms with Gasteiger partial charge in [0.2, 0.25) is 5.91 Å². The Labute approximate surface area is 217 Å². The average molecular weight is 501 g/mol. The van der Waals surface area contributed by atoms with Gasteiger partial charge in [-0.3, -0.25) is 9.59 Å². The molecule has 3 aliphatic rings. The predicted molar refractivity (Wildman–Crippen MR) is 137 cm³/mol. The lowest BCUT2D eigenvalue weighted by molar-refractivity contribution is -0.134. The molecule has 1 aliphatic carbocycles. The molecule has 37 heavy (non-hydrogen) atoms. The fourth-order valence-corrected chi connectivity index (χ4v) is 5.33. The van der Waals surface area contributed by atoms with Crippen LogP contribution in [0.5, 0.6) is 5.75 Å². The van der Waals surface area contributed by atoms with E-state index in [1.54, 1.807) is 17.0 Å². The Hall–Kier alpha value is -3.58. The van der Waals surface area contributed by atoms with E-state index in [1.165, 1.54) is 11.1 Å². The van der Waals surface area contributed by atoms with Gasteiger partial charge in [0.25, 0.3) is 5.91 Å². The van der Waals surface area contributed by atoms with E-state index in [2.05, 4.69) is 48.2 Å². The molecular formula is C30H32N2O5. The van der Waals surface area contributed by atoms with Crippen molar-refractivity contribution in [2.24, 2.45) is 5.92 Å². The minimum Gasteiger partial charge on any atom is -0.486 e. The number of benzene rings is 2. The molecule has 1 aromatic heterocycles. The predicted octanol–water partition coefficient (Wildman–Crippen LogP) is 4.52. The summed E-state index contributed by atoms with van der Waals surface area (Å²) in [6.45, 7) is 5.28. The Morgan fingerprint density at radius 1 is 1.00 bits per heavy atom. The molecule has 2 amide bonds. The van der Waals surface area contributed by atoms with Gasteiger partial charge in [-0.1, -0.05) is 35.9 Å². The topological polar surface area (TPSA) is 72.2 Å². The summed E-state index contributed by atoms with van der Waals surface area (Å²) >= 11 is 0. The zero-order valence-electron chi connectivity index (χ0n) is 21.2. The van der Waals surface area contributed by atoms with Crippen LogP contribution in [0, 0.1) is 12.8 Å². The Morgan fingerprint density at radius 3 is 2.62 bits per heavy atom. The monoisotopic (exact) mass is 500 g/mol. The van der Waals surface area contributed by atoms with Crippen molar-refractivity contribution in [2.75, 3.05) is 32.8 Å². The van der Waals surface area contributed by atoms with E-state index < -0.39 is 0 Å². The first-order valence-corrected chi connectivity index (χ1v) is 13.2. The van der Waals surface area contributed by atoms with Gasteiger partial charge < -0.3 is 23.7 Å². The number of carbonyl (C=O) groups is 2. The summed E-state index contributed by atoms with van der Waals surface area (Å²) in [4.78, 5) is 29.7. The van der Waals surface area contributed by atoms with E-state index in [-0.39, 0.29) is 30.4 Å². The van der Waals surface area contributed by atoms with Gasteiger partial charge in [-0.05, 0) is 67.1 Å². The van der Waals surface area contributed by atoms with Gasteiger partial charge in [0.15, 0.2) is 5.76 Å². The van der Waals surface area contributed by atoms with E-state index in [4.69, 9.17) is 13.9 Å². The molecule has 2 fully saturated rings. The highest BCUT2D eigenvalue weighted by atomic mass is 16.5. The molecule has 1 saturated heterocycles. The Kier molecular flexibility index (Phi) is 6.47.